The molecule has 31 heavy (non-hydrogen) atoms. The van der Waals surface area contributed by atoms with Crippen LogP contribution in [-0.2, 0) is 6.42 Å². The third-order valence-electron chi connectivity index (χ3n) is 7.08. The molecule has 1 aliphatic heterocycles. The molecular weight excluding hydrogens is 389 g/mol. The Morgan fingerprint density at radius 1 is 1.13 bits per heavy atom. The highest BCUT2D eigenvalue weighted by Crippen LogP contribution is 2.32. The zero-order chi connectivity index (χ0) is 21.4. The molecule has 1 fully saturated rings. The molecule has 0 spiro atoms. The van der Waals surface area contributed by atoms with Crippen LogP contribution in [0.5, 0.6) is 0 Å². The lowest BCUT2D eigenvalue weighted by atomic mass is 9.96. The van der Waals surface area contributed by atoms with Gasteiger partial charge < -0.3 is 13.9 Å². The molecule has 0 radical (unpaired) electrons. The lowest BCUT2D eigenvalue weighted by molar-refractivity contribution is -0.933. The average Bonchev–Trinajstić information content (AvgIpc) is 3.37. The lowest BCUT2D eigenvalue weighted by Crippen LogP contribution is -2.54. The maximum atomic E-state index is 13.5. The van der Waals surface area contributed by atoms with E-state index in [1.54, 1.807) is 0 Å². The van der Waals surface area contributed by atoms with Gasteiger partial charge in [-0.05, 0) is 61.1 Å². The molecule has 0 bridgehead atoms. The van der Waals surface area contributed by atoms with Crippen molar-refractivity contribution < 1.29 is 13.3 Å². The molecule has 5 rings (SSSR count). The third kappa shape index (κ3) is 3.99. The average molecular weight is 421 g/mol. The molecule has 4 aromatic rings. The van der Waals surface area contributed by atoms with Crippen molar-refractivity contribution in [2.75, 3.05) is 26.2 Å². The van der Waals surface area contributed by atoms with Crippen LogP contribution in [0.15, 0.2) is 47.0 Å². The van der Waals surface area contributed by atoms with Gasteiger partial charge in [-0.3, -0.25) is 0 Å². The maximum absolute atomic E-state index is 13.5. The predicted octanol–water partition coefficient (Wildman–Crippen LogP) is 6.31. The van der Waals surface area contributed by atoms with Crippen molar-refractivity contribution in [3.8, 4) is 11.1 Å². The van der Waals surface area contributed by atoms with E-state index in [4.69, 9.17) is 9.40 Å². The first-order chi connectivity index (χ1) is 15.0. The van der Waals surface area contributed by atoms with Gasteiger partial charge in [-0.25, -0.2) is 9.37 Å². The van der Waals surface area contributed by atoms with Crippen LogP contribution in [0, 0.1) is 11.7 Å². The normalized spacial score (nSPS) is 21.8. The van der Waals surface area contributed by atoms with E-state index < -0.39 is 0 Å². The Balaban J connectivity index is 1.38. The quantitative estimate of drug-likeness (QED) is 0.371. The van der Waals surface area contributed by atoms with Crippen molar-refractivity contribution in [2.24, 2.45) is 5.92 Å². The molecule has 5 heteroatoms. The minimum absolute atomic E-state index is 0.233. The topological polar surface area (TPSA) is 41.8 Å². The monoisotopic (exact) mass is 420 g/mol. The van der Waals surface area contributed by atoms with Crippen molar-refractivity contribution in [1.82, 2.24) is 9.97 Å². The predicted molar refractivity (Wildman–Crippen MR) is 123 cm³/mol. The van der Waals surface area contributed by atoms with Gasteiger partial charge >= 0.3 is 0 Å². The van der Waals surface area contributed by atoms with Crippen LogP contribution < -0.4 is 0 Å². The molecule has 2 aromatic carbocycles. The Bertz CT molecular complexity index is 1200. The molecule has 1 aliphatic rings. The molecule has 4 nitrogen and oxygen atoms in total. The van der Waals surface area contributed by atoms with Gasteiger partial charge in [0.15, 0.2) is 5.58 Å². The van der Waals surface area contributed by atoms with Crippen molar-refractivity contribution in [2.45, 2.75) is 39.5 Å². The molecule has 0 saturated carbocycles. The summed E-state index contributed by atoms with van der Waals surface area (Å²) in [5, 5.41) is 1.01. The summed E-state index contributed by atoms with van der Waals surface area (Å²) in [6.45, 7) is 9.58. The second kappa shape index (κ2) is 8.12. The summed E-state index contributed by atoms with van der Waals surface area (Å²) in [5.74, 6) is 1.45. The molecule has 0 unspecified atom stereocenters. The number of piperidine rings is 1. The van der Waals surface area contributed by atoms with Crippen LogP contribution in [0.1, 0.15) is 39.0 Å². The summed E-state index contributed by atoms with van der Waals surface area (Å²) >= 11 is 0. The minimum atomic E-state index is -0.233. The number of quaternary nitrogens is 1. The molecule has 1 saturated heterocycles. The van der Waals surface area contributed by atoms with E-state index in [2.05, 4.69) is 31.0 Å². The molecule has 0 amide bonds. The smallest absolute Gasteiger partial charge is 0.201 e. The number of aromatic nitrogens is 2. The second-order valence-corrected chi connectivity index (χ2v) is 9.35. The standard InChI is InChI=1S/C26H31FN3O/c1-3-11-30(12-8-18(2)9-13-30)14-10-26-29-23-7-4-19(15-25(23)31-26)22-17-28-24-16-20(27)5-6-21(22)24/h4-7,15-18,28H,3,8-14H2,1-2H3/q+1. The van der Waals surface area contributed by atoms with Gasteiger partial charge in [0.25, 0.3) is 0 Å². The Morgan fingerprint density at radius 3 is 2.77 bits per heavy atom. The van der Waals surface area contributed by atoms with Gasteiger partial charge in [-0.1, -0.05) is 19.9 Å². The molecule has 0 atom stereocenters. The largest absolute Gasteiger partial charge is 0.440 e. The Hall–Kier alpha value is -2.66. The van der Waals surface area contributed by atoms with Crippen molar-refractivity contribution >= 4 is 22.0 Å². The highest BCUT2D eigenvalue weighted by Gasteiger charge is 2.31. The van der Waals surface area contributed by atoms with E-state index in [-0.39, 0.29) is 5.82 Å². The first kappa shape index (κ1) is 20.3. The van der Waals surface area contributed by atoms with E-state index >= 15 is 0 Å². The number of likely N-dealkylation sites (tertiary alicyclic amines) is 1. The van der Waals surface area contributed by atoms with Gasteiger partial charge in [0, 0.05) is 22.7 Å². The Morgan fingerprint density at radius 2 is 1.97 bits per heavy atom. The fraction of sp³-hybridized carbons (Fsp3) is 0.423. The number of oxazole rings is 1. The number of hydrogen-bond donors (Lipinski definition) is 1. The fourth-order valence-electron chi connectivity index (χ4n) is 5.19. The van der Waals surface area contributed by atoms with E-state index in [1.165, 1.54) is 55.5 Å². The van der Waals surface area contributed by atoms with Gasteiger partial charge in [-0.15, -0.1) is 0 Å². The van der Waals surface area contributed by atoms with E-state index in [0.29, 0.717) is 0 Å². The number of H-pyrrole nitrogens is 1. The Kier molecular flexibility index (Phi) is 5.30. The van der Waals surface area contributed by atoms with Crippen LogP contribution in [-0.4, -0.2) is 40.6 Å². The summed E-state index contributed by atoms with van der Waals surface area (Å²) in [7, 11) is 0. The first-order valence-corrected chi connectivity index (χ1v) is 11.6. The molecule has 2 aromatic heterocycles. The number of benzene rings is 2. The highest BCUT2D eigenvalue weighted by molar-refractivity contribution is 5.97. The number of rotatable bonds is 6. The zero-order valence-corrected chi connectivity index (χ0v) is 18.5. The summed E-state index contributed by atoms with van der Waals surface area (Å²) in [5.41, 5.74) is 4.61. The van der Waals surface area contributed by atoms with Gasteiger partial charge in [-0.2, -0.15) is 0 Å². The number of nitrogens with zero attached hydrogens (tertiary/aromatic N) is 2. The van der Waals surface area contributed by atoms with E-state index in [9.17, 15) is 4.39 Å². The number of fused-ring (bicyclic) bond motifs is 2. The summed E-state index contributed by atoms with van der Waals surface area (Å²) in [6.07, 6.45) is 6.68. The van der Waals surface area contributed by atoms with Crippen molar-refractivity contribution in [3.05, 3.63) is 54.3 Å². The van der Waals surface area contributed by atoms with Gasteiger partial charge in [0.2, 0.25) is 5.89 Å². The van der Waals surface area contributed by atoms with Crippen LogP contribution >= 0.6 is 0 Å². The van der Waals surface area contributed by atoms with Crippen molar-refractivity contribution in [1.29, 1.82) is 0 Å². The molecule has 162 valence electrons. The van der Waals surface area contributed by atoms with Gasteiger partial charge in [0.1, 0.15) is 11.3 Å². The van der Waals surface area contributed by atoms with E-state index in [1.807, 2.05) is 18.3 Å². The molecule has 1 N–H and O–H groups in total. The summed E-state index contributed by atoms with van der Waals surface area (Å²) < 4.78 is 20.9. The summed E-state index contributed by atoms with van der Waals surface area (Å²) in [4.78, 5) is 7.93. The van der Waals surface area contributed by atoms with Crippen LogP contribution in [0.4, 0.5) is 4.39 Å². The van der Waals surface area contributed by atoms with Crippen LogP contribution in [0.3, 0.4) is 0 Å². The highest BCUT2D eigenvalue weighted by atomic mass is 19.1. The first-order valence-electron chi connectivity index (χ1n) is 11.6. The maximum Gasteiger partial charge on any atom is 0.201 e. The lowest BCUT2D eigenvalue weighted by Gasteiger charge is -2.43. The van der Waals surface area contributed by atoms with Crippen LogP contribution in [0.25, 0.3) is 33.1 Å². The second-order valence-electron chi connectivity index (χ2n) is 9.35. The number of hydrogen-bond acceptors (Lipinski definition) is 2. The number of nitrogens with one attached hydrogen (secondary N) is 1. The SMILES string of the molecule is CCC[N+]1(CCc2nc3ccc(-c4c[nH]c5cc(F)ccc45)cc3o2)CCC(C)CC1. The molecule has 3 heterocycles. The Labute approximate surface area is 182 Å². The molecular formula is C26H31FN3O+. The number of aromatic amines is 1. The van der Waals surface area contributed by atoms with Crippen molar-refractivity contribution in [3.63, 3.8) is 0 Å². The van der Waals surface area contributed by atoms with E-state index in [0.717, 1.165) is 57.9 Å². The van der Waals surface area contributed by atoms with Crippen LogP contribution in [0.2, 0.25) is 0 Å². The minimum Gasteiger partial charge on any atom is -0.440 e. The molecule has 0 aliphatic carbocycles. The number of halogens is 1. The third-order valence-corrected chi connectivity index (χ3v) is 7.08. The fourth-order valence-corrected chi connectivity index (χ4v) is 5.19. The summed E-state index contributed by atoms with van der Waals surface area (Å²) in [6, 6.07) is 11.0. The zero-order valence-electron chi connectivity index (χ0n) is 18.5. The van der Waals surface area contributed by atoms with Gasteiger partial charge in [0.05, 0.1) is 32.6 Å².